The summed E-state index contributed by atoms with van der Waals surface area (Å²) in [6.45, 7) is 1.83. The van der Waals surface area contributed by atoms with E-state index in [-0.39, 0.29) is 18.1 Å². The molecule has 0 fully saturated rings. The lowest BCUT2D eigenvalue weighted by Gasteiger charge is -2.05. The van der Waals surface area contributed by atoms with Crippen LogP contribution in [0.1, 0.15) is 16.1 Å². The number of carbonyl (C=O) groups is 2. The standard InChI is InChI=1S/C12H12N4O3/c1-8-3-2-4-9(5-8)13-11(17)7-16-6-10(12(18)19)14-15-16/h2-6H,7H2,1H3,(H,13,17)(H,18,19). The SMILES string of the molecule is Cc1cccc(NC(=O)Cn2cc(C(=O)O)nn2)c1. The average molecular weight is 260 g/mol. The van der Waals surface area contributed by atoms with E-state index in [1.807, 2.05) is 25.1 Å². The average Bonchev–Trinajstić information content (AvgIpc) is 2.77. The van der Waals surface area contributed by atoms with Crippen molar-refractivity contribution < 1.29 is 14.7 Å². The zero-order valence-electron chi connectivity index (χ0n) is 10.2. The zero-order chi connectivity index (χ0) is 13.8. The van der Waals surface area contributed by atoms with Gasteiger partial charge >= 0.3 is 5.97 Å². The Labute approximate surface area is 108 Å². The van der Waals surface area contributed by atoms with E-state index in [9.17, 15) is 9.59 Å². The highest BCUT2D eigenvalue weighted by Gasteiger charge is 2.10. The molecule has 0 spiro atoms. The molecule has 98 valence electrons. The lowest BCUT2D eigenvalue weighted by atomic mass is 10.2. The molecule has 1 aromatic heterocycles. The number of carbonyl (C=O) groups excluding carboxylic acids is 1. The van der Waals surface area contributed by atoms with E-state index in [1.165, 1.54) is 10.9 Å². The van der Waals surface area contributed by atoms with Crippen molar-refractivity contribution in [3.63, 3.8) is 0 Å². The molecule has 0 unspecified atom stereocenters. The fourth-order valence-corrected chi connectivity index (χ4v) is 1.54. The maximum atomic E-state index is 11.7. The number of aromatic nitrogens is 3. The van der Waals surface area contributed by atoms with E-state index >= 15 is 0 Å². The molecule has 2 aromatic rings. The Hall–Kier alpha value is -2.70. The van der Waals surface area contributed by atoms with Crippen molar-refractivity contribution in [1.82, 2.24) is 15.0 Å². The van der Waals surface area contributed by atoms with Gasteiger partial charge in [-0.15, -0.1) is 5.10 Å². The molecular weight excluding hydrogens is 248 g/mol. The number of nitrogens with zero attached hydrogens (tertiary/aromatic N) is 3. The summed E-state index contributed by atoms with van der Waals surface area (Å²) in [5.74, 6) is -1.47. The van der Waals surface area contributed by atoms with E-state index in [0.29, 0.717) is 5.69 Å². The molecule has 0 saturated heterocycles. The second-order valence-electron chi connectivity index (χ2n) is 4.02. The smallest absolute Gasteiger partial charge is 0.358 e. The Kier molecular flexibility index (Phi) is 3.56. The summed E-state index contributed by atoms with van der Waals surface area (Å²) in [6, 6.07) is 7.37. The van der Waals surface area contributed by atoms with Crippen LogP contribution in [-0.4, -0.2) is 32.0 Å². The molecule has 2 rings (SSSR count). The lowest BCUT2D eigenvalue weighted by Crippen LogP contribution is -2.19. The fourth-order valence-electron chi connectivity index (χ4n) is 1.54. The van der Waals surface area contributed by atoms with Gasteiger partial charge < -0.3 is 10.4 Å². The number of anilines is 1. The Morgan fingerprint density at radius 2 is 2.21 bits per heavy atom. The molecule has 0 aliphatic rings. The van der Waals surface area contributed by atoms with Crippen molar-refractivity contribution in [3.05, 3.63) is 41.7 Å². The van der Waals surface area contributed by atoms with Gasteiger partial charge in [0, 0.05) is 5.69 Å². The number of carboxylic acids is 1. The number of carboxylic acid groups (broad SMARTS) is 1. The summed E-state index contributed by atoms with van der Waals surface area (Å²) in [7, 11) is 0. The van der Waals surface area contributed by atoms with E-state index in [2.05, 4.69) is 15.6 Å². The number of nitrogens with one attached hydrogen (secondary N) is 1. The Bertz CT molecular complexity index is 621. The number of aryl methyl sites for hydroxylation is 1. The molecular formula is C12H12N4O3. The predicted octanol–water partition coefficient (Wildman–Crippen LogP) is 0.923. The highest BCUT2D eigenvalue weighted by Crippen LogP contribution is 2.09. The quantitative estimate of drug-likeness (QED) is 0.852. The third-order valence-corrected chi connectivity index (χ3v) is 2.37. The van der Waals surface area contributed by atoms with Crippen LogP contribution in [0.25, 0.3) is 0 Å². The molecule has 0 saturated carbocycles. The third kappa shape index (κ3) is 3.38. The molecule has 1 aromatic carbocycles. The first-order valence-electron chi connectivity index (χ1n) is 5.54. The monoisotopic (exact) mass is 260 g/mol. The van der Waals surface area contributed by atoms with Crippen molar-refractivity contribution in [2.45, 2.75) is 13.5 Å². The molecule has 2 N–H and O–H groups in total. The van der Waals surface area contributed by atoms with Crippen LogP contribution in [0.4, 0.5) is 5.69 Å². The van der Waals surface area contributed by atoms with Crippen molar-refractivity contribution >= 4 is 17.6 Å². The maximum absolute atomic E-state index is 11.7. The highest BCUT2D eigenvalue weighted by molar-refractivity contribution is 5.90. The van der Waals surface area contributed by atoms with Crippen LogP contribution in [-0.2, 0) is 11.3 Å². The summed E-state index contributed by atoms with van der Waals surface area (Å²) in [6.07, 6.45) is 1.21. The van der Waals surface area contributed by atoms with Gasteiger partial charge in [0.05, 0.1) is 6.20 Å². The van der Waals surface area contributed by atoms with Crippen LogP contribution < -0.4 is 5.32 Å². The molecule has 0 atom stereocenters. The minimum absolute atomic E-state index is 0.0891. The van der Waals surface area contributed by atoms with Crippen molar-refractivity contribution in [2.75, 3.05) is 5.32 Å². The Morgan fingerprint density at radius 1 is 1.42 bits per heavy atom. The molecule has 0 aliphatic carbocycles. The minimum Gasteiger partial charge on any atom is -0.476 e. The van der Waals surface area contributed by atoms with Crippen LogP contribution in [0, 0.1) is 6.92 Å². The number of hydrogen-bond donors (Lipinski definition) is 2. The summed E-state index contributed by atoms with van der Waals surface area (Å²) in [5, 5.41) is 18.4. The number of rotatable bonds is 4. The summed E-state index contributed by atoms with van der Waals surface area (Å²) in [5.41, 5.74) is 1.53. The minimum atomic E-state index is -1.18. The first-order chi connectivity index (χ1) is 9.04. The number of amides is 1. The van der Waals surface area contributed by atoms with Gasteiger partial charge in [0.2, 0.25) is 5.91 Å². The van der Waals surface area contributed by atoms with E-state index in [4.69, 9.17) is 5.11 Å². The normalized spacial score (nSPS) is 10.2. The molecule has 0 radical (unpaired) electrons. The first-order valence-corrected chi connectivity index (χ1v) is 5.54. The van der Waals surface area contributed by atoms with Crippen LogP contribution in [0.5, 0.6) is 0 Å². The second kappa shape index (κ2) is 5.30. The van der Waals surface area contributed by atoms with Crippen molar-refractivity contribution in [2.24, 2.45) is 0 Å². The van der Waals surface area contributed by atoms with E-state index < -0.39 is 5.97 Å². The molecule has 7 nitrogen and oxygen atoms in total. The largest absolute Gasteiger partial charge is 0.476 e. The predicted molar refractivity (Wildman–Crippen MR) is 66.8 cm³/mol. The van der Waals surface area contributed by atoms with Crippen molar-refractivity contribution in [3.8, 4) is 0 Å². The Balaban J connectivity index is 1.99. The molecule has 0 aliphatic heterocycles. The van der Waals surface area contributed by atoms with Gasteiger partial charge in [-0.05, 0) is 24.6 Å². The molecule has 1 heterocycles. The van der Waals surface area contributed by atoms with Gasteiger partial charge in [-0.25, -0.2) is 9.48 Å². The van der Waals surface area contributed by atoms with Gasteiger partial charge in [0.15, 0.2) is 5.69 Å². The molecule has 7 heteroatoms. The van der Waals surface area contributed by atoms with Crippen LogP contribution in [0.2, 0.25) is 0 Å². The van der Waals surface area contributed by atoms with Crippen molar-refractivity contribution in [1.29, 1.82) is 0 Å². The Morgan fingerprint density at radius 3 is 2.84 bits per heavy atom. The number of aromatic carboxylic acids is 1. The van der Waals surface area contributed by atoms with Crippen LogP contribution in [0.3, 0.4) is 0 Å². The van der Waals surface area contributed by atoms with Gasteiger partial charge in [0.1, 0.15) is 6.54 Å². The van der Waals surface area contributed by atoms with E-state index in [0.717, 1.165) is 5.56 Å². The molecule has 19 heavy (non-hydrogen) atoms. The summed E-state index contributed by atoms with van der Waals surface area (Å²) < 4.78 is 1.18. The molecule has 0 bridgehead atoms. The second-order valence-corrected chi connectivity index (χ2v) is 4.02. The number of benzene rings is 1. The van der Waals surface area contributed by atoms with Crippen LogP contribution in [0.15, 0.2) is 30.5 Å². The summed E-state index contributed by atoms with van der Waals surface area (Å²) >= 11 is 0. The van der Waals surface area contributed by atoms with Gasteiger partial charge in [-0.2, -0.15) is 0 Å². The number of hydrogen-bond acceptors (Lipinski definition) is 4. The van der Waals surface area contributed by atoms with Gasteiger partial charge in [-0.3, -0.25) is 4.79 Å². The third-order valence-electron chi connectivity index (χ3n) is 2.37. The fraction of sp³-hybridized carbons (Fsp3) is 0.167. The zero-order valence-corrected chi connectivity index (χ0v) is 10.2. The molecule has 1 amide bonds. The topological polar surface area (TPSA) is 97.1 Å². The lowest BCUT2D eigenvalue weighted by molar-refractivity contribution is -0.116. The van der Waals surface area contributed by atoms with E-state index in [1.54, 1.807) is 6.07 Å². The van der Waals surface area contributed by atoms with Gasteiger partial charge in [0.25, 0.3) is 0 Å². The first kappa shape index (κ1) is 12.7. The van der Waals surface area contributed by atoms with Gasteiger partial charge in [-0.1, -0.05) is 17.3 Å². The van der Waals surface area contributed by atoms with Crippen LogP contribution >= 0.6 is 0 Å². The summed E-state index contributed by atoms with van der Waals surface area (Å²) in [4.78, 5) is 22.3. The maximum Gasteiger partial charge on any atom is 0.358 e. The highest BCUT2D eigenvalue weighted by atomic mass is 16.4.